The van der Waals surface area contributed by atoms with Gasteiger partial charge in [0.25, 0.3) is 0 Å². The highest BCUT2D eigenvalue weighted by Crippen LogP contribution is 2.43. The summed E-state index contributed by atoms with van der Waals surface area (Å²) in [4.78, 5) is 12.7. The minimum absolute atomic E-state index is 0.335. The summed E-state index contributed by atoms with van der Waals surface area (Å²) in [5.74, 6) is 0.317. The Morgan fingerprint density at radius 1 is 1.15 bits per heavy atom. The molecule has 0 unspecified atom stereocenters. The molecule has 138 valence electrons. The number of rotatable bonds is 5. The molecule has 1 aliphatic carbocycles. The second-order valence-corrected chi connectivity index (χ2v) is 6.57. The zero-order valence-corrected chi connectivity index (χ0v) is 15.9. The van der Waals surface area contributed by atoms with Crippen LogP contribution in [0, 0.1) is 0 Å². The molecule has 4 rings (SSSR count). The first-order chi connectivity index (χ1) is 13.2. The smallest absolute Gasteiger partial charge is 0.341 e. The summed E-state index contributed by atoms with van der Waals surface area (Å²) in [5.41, 5.74) is 4.93. The molecule has 3 aromatic rings. The molecular weight excluding hydrogens is 338 g/mol. The highest BCUT2D eigenvalue weighted by Gasteiger charge is 2.27. The van der Waals surface area contributed by atoms with Gasteiger partial charge in [-0.05, 0) is 38.0 Å². The molecule has 1 heterocycles. The lowest BCUT2D eigenvalue weighted by Crippen LogP contribution is -2.10. The fourth-order valence-electron chi connectivity index (χ4n) is 3.96. The van der Waals surface area contributed by atoms with E-state index in [2.05, 4.69) is 35.9 Å². The zero-order valence-electron chi connectivity index (χ0n) is 15.9. The Morgan fingerprint density at radius 2 is 1.93 bits per heavy atom. The second kappa shape index (κ2) is 6.95. The number of aromatic nitrogens is 1. The van der Waals surface area contributed by atoms with Crippen molar-refractivity contribution in [3.05, 3.63) is 59.3 Å². The summed E-state index contributed by atoms with van der Waals surface area (Å²) in [6, 6.07) is 12.2. The summed E-state index contributed by atoms with van der Waals surface area (Å²) in [6.07, 6.45) is 5.02. The van der Waals surface area contributed by atoms with Crippen molar-refractivity contribution in [3.8, 4) is 17.0 Å². The molecule has 1 aliphatic rings. The number of benzene rings is 2. The Labute approximate surface area is 159 Å². The first-order valence-corrected chi connectivity index (χ1v) is 9.37. The van der Waals surface area contributed by atoms with Crippen molar-refractivity contribution in [2.24, 2.45) is 7.05 Å². The third kappa shape index (κ3) is 2.72. The number of carbonyl (C=O) groups excluding carboxylic acids is 1. The Kier molecular flexibility index (Phi) is 4.48. The van der Waals surface area contributed by atoms with E-state index >= 15 is 0 Å². The molecule has 0 fully saturated rings. The van der Waals surface area contributed by atoms with E-state index in [0.29, 0.717) is 24.5 Å². The van der Waals surface area contributed by atoms with Crippen molar-refractivity contribution in [1.82, 2.24) is 4.57 Å². The maximum absolute atomic E-state index is 12.7. The minimum atomic E-state index is -0.335. The molecule has 0 aliphatic heterocycles. The Hall–Kier alpha value is -3.01. The second-order valence-electron chi connectivity index (χ2n) is 6.57. The van der Waals surface area contributed by atoms with Gasteiger partial charge in [-0.2, -0.15) is 0 Å². The van der Waals surface area contributed by atoms with Crippen molar-refractivity contribution in [2.75, 3.05) is 13.2 Å². The van der Waals surface area contributed by atoms with Crippen LogP contribution in [0.15, 0.2) is 42.5 Å². The Balaban J connectivity index is 2.09. The number of allylic oxidation sites excluding steroid dienone is 1. The largest absolute Gasteiger partial charge is 0.493 e. The predicted octanol–water partition coefficient (Wildman–Crippen LogP) is 4.99. The van der Waals surface area contributed by atoms with Crippen LogP contribution in [0.4, 0.5) is 0 Å². The van der Waals surface area contributed by atoms with Gasteiger partial charge in [0.2, 0.25) is 0 Å². The van der Waals surface area contributed by atoms with Gasteiger partial charge < -0.3 is 14.0 Å². The lowest BCUT2D eigenvalue weighted by molar-refractivity contribution is 0.0522. The van der Waals surface area contributed by atoms with Gasteiger partial charge >= 0.3 is 5.97 Å². The van der Waals surface area contributed by atoms with E-state index in [-0.39, 0.29) is 5.97 Å². The molecule has 4 heteroatoms. The van der Waals surface area contributed by atoms with Crippen molar-refractivity contribution >= 4 is 22.8 Å². The molecule has 0 bridgehead atoms. The quantitative estimate of drug-likeness (QED) is 0.601. The van der Waals surface area contributed by atoms with Crippen LogP contribution < -0.4 is 4.74 Å². The summed E-state index contributed by atoms with van der Waals surface area (Å²) in [6.45, 7) is 4.59. The predicted molar refractivity (Wildman–Crippen MR) is 108 cm³/mol. The van der Waals surface area contributed by atoms with Crippen molar-refractivity contribution in [3.63, 3.8) is 0 Å². The number of nitrogens with zero attached hydrogens (tertiary/aromatic N) is 1. The van der Waals surface area contributed by atoms with Crippen LogP contribution >= 0.6 is 0 Å². The Morgan fingerprint density at radius 3 is 2.63 bits per heavy atom. The molecule has 1 aromatic heterocycles. The van der Waals surface area contributed by atoms with Gasteiger partial charge in [0, 0.05) is 29.1 Å². The lowest BCUT2D eigenvalue weighted by Gasteiger charge is -2.17. The molecule has 0 N–H and O–H groups in total. The topological polar surface area (TPSA) is 40.5 Å². The van der Waals surface area contributed by atoms with E-state index in [1.165, 1.54) is 0 Å². The van der Waals surface area contributed by atoms with Gasteiger partial charge in [0.1, 0.15) is 11.3 Å². The van der Waals surface area contributed by atoms with Gasteiger partial charge in [0.05, 0.1) is 18.9 Å². The van der Waals surface area contributed by atoms with Gasteiger partial charge in [-0.3, -0.25) is 0 Å². The highest BCUT2D eigenvalue weighted by molar-refractivity contribution is 6.09. The molecule has 0 spiro atoms. The van der Waals surface area contributed by atoms with Gasteiger partial charge in [0.15, 0.2) is 0 Å². The van der Waals surface area contributed by atoms with Crippen molar-refractivity contribution in [2.45, 2.75) is 20.3 Å². The normalized spacial score (nSPS) is 12.4. The number of ether oxygens (including phenoxy) is 2. The summed E-state index contributed by atoms with van der Waals surface area (Å²) in [7, 11) is 2.07. The maximum atomic E-state index is 12.7. The van der Waals surface area contributed by atoms with E-state index in [0.717, 1.165) is 39.7 Å². The third-order valence-electron chi connectivity index (χ3n) is 5.02. The highest BCUT2D eigenvalue weighted by atomic mass is 16.5. The van der Waals surface area contributed by atoms with Gasteiger partial charge in [-0.1, -0.05) is 36.4 Å². The standard InChI is InChI=1S/C23H23NO3/c1-4-26-22-16-12-9-13-19-20(16)17(14-18(22)23(25)27-5-2)21(24(19)3)15-10-7-6-8-11-15/h6-11,13-14H,4-5,12H2,1-3H3. The molecule has 0 saturated heterocycles. The van der Waals surface area contributed by atoms with Crippen LogP contribution in [0.3, 0.4) is 0 Å². The number of esters is 1. The van der Waals surface area contributed by atoms with E-state index in [4.69, 9.17) is 9.47 Å². The molecular formula is C23H23NO3. The minimum Gasteiger partial charge on any atom is -0.493 e. The summed E-state index contributed by atoms with van der Waals surface area (Å²) >= 11 is 0. The first-order valence-electron chi connectivity index (χ1n) is 9.37. The van der Waals surface area contributed by atoms with Crippen LogP contribution in [-0.4, -0.2) is 23.8 Å². The fraction of sp³-hybridized carbons (Fsp3) is 0.261. The molecule has 0 atom stereocenters. The SMILES string of the molecule is CCOC(=O)c1cc2c(-c3ccccc3)n(C)c3c2c(c1OCC)CC=C3. The van der Waals surface area contributed by atoms with Gasteiger partial charge in [-0.25, -0.2) is 4.79 Å². The number of carbonyl (C=O) groups is 1. The van der Waals surface area contributed by atoms with E-state index in [1.807, 2.05) is 38.1 Å². The zero-order chi connectivity index (χ0) is 19.0. The van der Waals surface area contributed by atoms with Crippen LogP contribution in [0.5, 0.6) is 5.75 Å². The average Bonchev–Trinajstić information content (AvgIpc) is 2.98. The molecule has 4 nitrogen and oxygen atoms in total. The van der Waals surface area contributed by atoms with E-state index < -0.39 is 0 Å². The number of hydrogen-bond donors (Lipinski definition) is 0. The maximum Gasteiger partial charge on any atom is 0.341 e. The first kappa shape index (κ1) is 17.4. The third-order valence-corrected chi connectivity index (χ3v) is 5.02. The monoisotopic (exact) mass is 361 g/mol. The van der Waals surface area contributed by atoms with Gasteiger partial charge in [-0.15, -0.1) is 0 Å². The van der Waals surface area contributed by atoms with Crippen LogP contribution in [0.25, 0.3) is 28.1 Å². The molecule has 0 radical (unpaired) electrons. The summed E-state index contributed by atoms with van der Waals surface area (Å²) < 4.78 is 13.5. The Bertz CT molecular complexity index is 1040. The summed E-state index contributed by atoms with van der Waals surface area (Å²) in [5, 5.41) is 2.22. The fourth-order valence-corrected chi connectivity index (χ4v) is 3.96. The van der Waals surface area contributed by atoms with E-state index in [9.17, 15) is 4.79 Å². The molecule has 0 saturated carbocycles. The molecule has 0 amide bonds. The van der Waals surface area contributed by atoms with Crippen molar-refractivity contribution < 1.29 is 14.3 Å². The van der Waals surface area contributed by atoms with E-state index in [1.54, 1.807) is 0 Å². The molecule has 27 heavy (non-hydrogen) atoms. The average molecular weight is 361 g/mol. The van der Waals surface area contributed by atoms with Crippen LogP contribution in [0.1, 0.15) is 35.5 Å². The number of hydrogen-bond acceptors (Lipinski definition) is 3. The molecule has 2 aromatic carbocycles. The van der Waals surface area contributed by atoms with Crippen molar-refractivity contribution in [1.29, 1.82) is 0 Å². The van der Waals surface area contributed by atoms with Crippen LogP contribution in [-0.2, 0) is 18.2 Å². The van der Waals surface area contributed by atoms with Crippen LogP contribution in [0.2, 0.25) is 0 Å². The lowest BCUT2D eigenvalue weighted by atomic mass is 9.93.